The van der Waals surface area contributed by atoms with Gasteiger partial charge in [0.2, 0.25) is 0 Å². The maximum absolute atomic E-state index is 5.88. The molecule has 0 amide bonds. The van der Waals surface area contributed by atoms with Crippen molar-refractivity contribution in [3.05, 3.63) is 40.8 Å². The Balaban J connectivity index is 1.83. The van der Waals surface area contributed by atoms with Crippen molar-refractivity contribution in [3.8, 4) is 0 Å². The second-order valence-corrected chi connectivity index (χ2v) is 5.32. The molecule has 0 aliphatic carbocycles. The van der Waals surface area contributed by atoms with Crippen molar-refractivity contribution in [1.82, 2.24) is 9.97 Å². The molecule has 1 aliphatic heterocycles. The van der Waals surface area contributed by atoms with Gasteiger partial charge in [0.1, 0.15) is 11.0 Å². The van der Waals surface area contributed by atoms with Crippen molar-refractivity contribution >= 4 is 28.8 Å². The topological polar surface area (TPSA) is 81.1 Å². The number of anilines is 3. The average Bonchev–Trinajstić information content (AvgIpc) is 2.63. The normalized spacial score (nSPS) is 14.8. The summed E-state index contributed by atoms with van der Waals surface area (Å²) >= 11 is 5.77. The van der Waals surface area contributed by atoms with Gasteiger partial charge >= 0.3 is 0 Å². The Bertz CT molecular complexity index is 593. The number of benzene rings is 1. The lowest BCUT2D eigenvalue weighted by molar-refractivity contribution is 0.787. The van der Waals surface area contributed by atoms with Gasteiger partial charge in [-0.3, -0.25) is 0 Å². The smallest absolute Gasteiger partial charge is 0.147 e. The first-order chi connectivity index (χ1) is 9.63. The van der Waals surface area contributed by atoms with E-state index >= 15 is 0 Å². The zero-order valence-corrected chi connectivity index (χ0v) is 11.8. The fraction of sp³-hybridized carbons (Fsp3) is 0.286. The highest BCUT2D eigenvalue weighted by atomic mass is 35.5. The quantitative estimate of drug-likeness (QED) is 0.784. The van der Waals surface area contributed by atoms with E-state index in [0.29, 0.717) is 16.5 Å². The summed E-state index contributed by atoms with van der Waals surface area (Å²) in [6, 6.07) is 3.98. The average molecular weight is 290 g/mol. The molecule has 104 valence electrons. The number of hydrogen-bond acceptors (Lipinski definition) is 5. The van der Waals surface area contributed by atoms with Crippen LogP contribution in [-0.2, 0) is 12.8 Å². The lowest BCUT2D eigenvalue weighted by Crippen LogP contribution is -2.26. The van der Waals surface area contributed by atoms with E-state index in [1.54, 1.807) is 12.4 Å². The first-order valence-electron chi connectivity index (χ1n) is 6.53. The Morgan fingerprint density at radius 1 is 0.950 bits per heavy atom. The van der Waals surface area contributed by atoms with E-state index in [1.165, 1.54) is 11.1 Å². The third-order valence-corrected chi connectivity index (χ3v) is 3.83. The summed E-state index contributed by atoms with van der Waals surface area (Å²) < 4.78 is 0. The third-order valence-electron chi connectivity index (χ3n) is 3.64. The van der Waals surface area contributed by atoms with Crippen LogP contribution in [0.15, 0.2) is 24.5 Å². The van der Waals surface area contributed by atoms with Crippen molar-refractivity contribution in [1.29, 1.82) is 0 Å². The van der Waals surface area contributed by atoms with Crippen LogP contribution in [-0.4, -0.2) is 23.1 Å². The number of halogens is 1. The molecular weight excluding hydrogens is 274 g/mol. The van der Waals surface area contributed by atoms with Crippen molar-refractivity contribution in [3.63, 3.8) is 0 Å². The van der Waals surface area contributed by atoms with Gasteiger partial charge in [-0.15, -0.1) is 0 Å². The molecule has 0 radical (unpaired) electrons. The van der Waals surface area contributed by atoms with Crippen molar-refractivity contribution in [2.45, 2.75) is 12.8 Å². The lowest BCUT2D eigenvalue weighted by atomic mass is 10.0. The minimum absolute atomic E-state index is 0.410. The summed E-state index contributed by atoms with van der Waals surface area (Å²) in [6.07, 6.45) is 5.13. The van der Waals surface area contributed by atoms with E-state index in [9.17, 15) is 0 Å². The minimum atomic E-state index is 0.410. The minimum Gasteiger partial charge on any atom is -0.397 e. The van der Waals surface area contributed by atoms with Gasteiger partial charge in [0.15, 0.2) is 0 Å². The Morgan fingerprint density at radius 3 is 2.05 bits per heavy atom. The summed E-state index contributed by atoms with van der Waals surface area (Å²) in [4.78, 5) is 10.6. The van der Waals surface area contributed by atoms with Crippen molar-refractivity contribution in [2.24, 2.45) is 0 Å². The Kier molecular flexibility index (Phi) is 3.36. The Morgan fingerprint density at radius 2 is 1.55 bits per heavy atom. The molecule has 1 aliphatic rings. The first kappa shape index (κ1) is 13.0. The van der Waals surface area contributed by atoms with Gasteiger partial charge in [0.25, 0.3) is 0 Å². The monoisotopic (exact) mass is 289 g/mol. The van der Waals surface area contributed by atoms with Gasteiger partial charge in [-0.2, -0.15) is 0 Å². The fourth-order valence-electron chi connectivity index (χ4n) is 2.51. The molecule has 1 aromatic heterocycles. The molecule has 0 bridgehead atoms. The number of nitrogens with zero attached hydrogens (tertiary/aromatic N) is 3. The van der Waals surface area contributed by atoms with Crippen LogP contribution in [0.3, 0.4) is 0 Å². The molecule has 4 N–H and O–H groups in total. The number of aromatic nitrogens is 2. The molecule has 0 saturated carbocycles. The molecule has 0 spiro atoms. The number of rotatable bonds is 1. The fourth-order valence-corrected chi connectivity index (χ4v) is 2.61. The molecule has 0 unspecified atom stereocenters. The predicted octanol–water partition coefficient (Wildman–Crippen LogP) is 1.90. The van der Waals surface area contributed by atoms with E-state index in [1.807, 2.05) is 12.1 Å². The van der Waals surface area contributed by atoms with Gasteiger partial charge in [-0.25, -0.2) is 9.97 Å². The number of nitrogens with two attached hydrogens (primary N) is 2. The lowest BCUT2D eigenvalue weighted by Gasteiger charge is -2.20. The molecule has 0 saturated heterocycles. The highest BCUT2D eigenvalue weighted by molar-refractivity contribution is 6.29. The maximum atomic E-state index is 5.88. The highest BCUT2D eigenvalue weighted by Crippen LogP contribution is 2.25. The SMILES string of the molecule is Nc1cc2c(cc1N)CCN(c1cnc(Cl)cn1)CC2. The predicted molar refractivity (Wildman–Crippen MR) is 81.9 cm³/mol. The summed E-state index contributed by atoms with van der Waals surface area (Å²) in [5.41, 5.74) is 15.6. The molecule has 6 heteroatoms. The van der Waals surface area contributed by atoms with Crippen LogP contribution in [0.5, 0.6) is 0 Å². The Labute approximate surface area is 122 Å². The van der Waals surface area contributed by atoms with Crippen LogP contribution in [0.4, 0.5) is 17.2 Å². The first-order valence-corrected chi connectivity index (χ1v) is 6.90. The molecule has 0 atom stereocenters. The second-order valence-electron chi connectivity index (χ2n) is 4.93. The molecule has 3 rings (SSSR count). The highest BCUT2D eigenvalue weighted by Gasteiger charge is 2.16. The summed E-state index contributed by atoms with van der Waals surface area (Å²) in [5, 5.41) is 0.410. The van der Waals surface area contributed by atoms with Crippen molar-refractivity contribution < 1.29 is 0 Å². The van der Waals surface area contributed by atoms with Gasteiger partial charge in [0, 0.05) is 13.1 Å². The summed E-state index contributed by atoms with van der Waals surface area (Å²) in [7, 11) is 0. The molecule has 20 heavy (non-hydrogen) atoms. The Hall–Kier alpha value is -2.01. The third kappa shape index (κ3) is 2.49. The largest absolute Gasteiger partial charge is 0.397 e. The summed E-state index contributed by atoms with van der Waals surface area (Å²) in [5.74, 6) is 0.850. The molecule has 2 aromatic rings. The van der Waals surface area contributed by atoms with Crippen LogP contribution in [0.1, 0.15) is 11.1 Å². The summed E-state index contributed by atoms with van der Waals surface area (Å²) in [6.45, 7) is 1.76. The standard InChI is InChI=1S/C14H16ClN5/c15-13-7-19-14(8-18-13)20-3-1-9-5-11(16)12(17)6-10(9)2-4-20/h5-8H,1-4,16-17H2. The van der Waals surface area contributed by atoms with E-state index in [2.05, 4.69) is 14.9 Å². The second kappa shape index (κ2) is 5.17. The molecule has 2 heterocycles. The van der Waals surface area contributed by atoms with Crippen LogP contribution < -0.4 is 16.4 Å². The van der Waals surface area contributed by atoms with Gasteiger partial charge in [-0.1, -0.05) is 11.6 Å². The van der Waals surface area contributed by atoms with E-state index in [-0.39, 0.29) is 0 Å². The van der Waals surface area contributed by atoms with Crippen LogP contribution in [0, 0.1) is 0 Å². The van der Waals surface area contributed by atoms with Gasteiger partial charge in [-0.05, 0) is 36.1 Å². The molecule has 0 fully saturated rings. The van der Waals surface area contributed by atoms with E-state index in [4.69, 9.17) is 23.1 Å². The number of nitrogen functional groups attached to an aromatic ring is 2. The van der Waals surface area contributed by atoms with E-state index < -0.39 is 0 Å². The number of hydrogen-bond donors (Lipinski definition) is 2. The van der Waals surface area contributed by atoms with Crippen LogP contribution >= 0.6 is 11.6 Å². The zero-order chi connectivity index (χ0) is 14.1. The number of fused-ring (bicyclic) bond motifs is 1. The zero-order valence-electron chi connectivity index (χ0n) is 11.0. The van der Waals surface area contributed by atoms with Gasteiger partial charge < -0.3 is 16.4 Å². The van der Waals surface area contributed by atoms with Gasteiger partial charge in [0.05, 0.1) is 23.8 Å². The molecule has 1 aromatic carbocycles. The molecular formula is C14H16ClN5. The van der Waals surface area contributed by atoms with Crippen molar-refractivity contribution in [2.75, 3.05) is 29.5 Å². The molecule has 5 nitrogen and oxygen atoms in total. The van der Waals surface area contributed by atoms with E-state index in [0.717, 1.165) is 31.7 Å². The van der Waals surface area contributed by atoms with Crippen LogP contribution in [0.2, 0.25) is 5.15 Å². The van der Waals surface area contributed by atoms with Crippen LogP contribution in [0.25, 0.3) is 0 Å². The maximum Gasteiger partial charge on any atom is 0.147 e.